The third-order valence-electron chi connectivity index (χ3n) is 9.08. The van der Waals surface area contributed by atoms with Gasteiger partial charge in [-0.1, -0.05) is 115 Å². The molecule has 6 atom stereocenters. The number of unbranched alkanes of at least 4 members (excludes halogenated alkanes) is 7. The molecular weight excluding hydrogens is 299 g/mol. The summed E-state index contributed by atoms with van der Waals surface area (Å²) >= 11 is 0. The maximum Gasteiger partial charge on any atom is 0.146 e. The Bertz CT molecular complexity index is 377. The zero-order chi connectivity index (χ0) is 17.1. The molecule has 0 amide bonds. The van der Waals surface area contributed by atoms with Crippen LogP contribution in [-0.2, 0) is 0 Å². The molecule has 1 heteroatoms. The highest BCUT2D eigenvalue weighted by Crippen LogP contribution is 2.60. The van der Waals surface area contributed by atoms with Gasteiger partial charge in [0.1, 0.15) is 6.71 Å². The van der Waals surface area contributed by atoms with Crippen LogP contribution in [0.3, 0.4) is 0 Å². The zero-order valence-corrected chi connectivity index (χ0v) is 17.1. The van der Waals surface area contributed by atoms with Gasteiger partial charge in [-0.15, -0.1) is 0 Å². The molecule has 0 aliphatic heterocycles. The first kappa shape index (κ1) is 18.4. The highest BCUT2D eigenvalue weighted by Gasteiger charge is 2.51. The lowest BCUT2D eigenvalue weighted by Gasteiger charge is -2.36. The maximum absolute atomic E-state index is 2.32. The molecule has 0 saturated heterocycles. The van der Waals surface area contributed by atoms with E-state index in [1.807, 2.05) is 0 Å². The van der Waals surface area contributed by atoms with Crippen LogP contribution >= 0.6 is 0 Å². The molecule has 4 aliphatic carbocycles. The van der Waals surface area contributed by atoms with Gasteiger partial charge in [0.2, 0.25) is 0 Å². The molecule has 142 valence electrons. The van der Waals surface area contributed by atoms with Crippen molar-refractivity contribution in [2.24, 2.45) is 23.7 Å². The first-order valence-corrected chi connectivity index (χ1v) is 12.3. The van der Waals surface area contributed by atoms with Crippen molar-refractivity contribution >= 4 is 6.71 Å². The van der Waals surface area contributed by atoms with E-state index in [1.54, 1.807) is 64.1 Å². The van der Waals surface area contributed by atoms with Crippen molar-refractivity contribution in [2.75, 3.05) is 0 Å². The van der Waals surface area contributed by atoms with Crippen LogP contribution in [0.5, 0.6) is 0 Å². The molecule has 0 radical (unpaired) electrons. The van der Waals surface area contributed by atoms with Crippen LogP contribution in [-0.4, -0.2) is 6.71 Å². The van der Waals surface area contributed by atoms with Crippen molar-refractivity contribution < 1.29 is 0 Å². The van der Waals surface area contributed by atoms with Crippen molar-refractivity contribution in [1.82, 2.24) is 0 Å². The Balaban J connectivity index is 1.24. The molecule has 4 rings (SSSR count). The molecule has 4 bridgehead atoms. The Kier molecular flexibility index (Phi) is 6.51. The summed E-state index contributed by atoms with van der Waals surface area (Å²) in [6.45, 7) is 3.47. The average molecular weight is 342 g/mol. The molecule has 0 heterocycles. The van der Waals surface area contributed by atoms with Gasteiger partial charge in [0.25, 0.3) is 0 Å². The van der Waals surface area contributed by atoms with Crippen LogP contribution < -0.4 is 0 Å². The Morgan fingerprint density at radius 3 is 1.56 bits per heavy atom. The third kappa shape index (κ3) is 4.32. The lowest BCUT2D eigenvalue weighted by atomic mass is 9.28. The van der Waals surface area contributed by atoms with E-state index in [0.717, 1.165) is 42.0 Å². The molecule has 4 fully saturated rings. The summed E-state index contributed by atoms with van der Waals surface area (Å²) in [6, 6.07) is 0. The number of hydrogen-bond donors (Lipinski definition) is 0. The fourth-order valence-corrected chi connectivity index (χ4v) is 7.90. The van der Waals surface area contributed by atoms with Crippen molar-refractivity contribution in [1.29, 1.82) is 0 Å². The molecule has 0 aromatic heterocycles. The second-order valence-electron chi connectivity index (χ2n) is 10.6. The Morgan fingerprint density at radius 2 is 1.12 bits per heavy atom. The Labute approximate surface area is 158 Å². The molecule has 0 N–H and O–H groups in total. The highest BCUT2D eigenvalue weighted by molar-refractivity contribution is 6.62. The van der Waals surface area contributed by atoms with Gasteiger partial charge in [-0.05, 0) is 36.5 Å². The molecule has 0 unspecified atom stereocenters. The normalized spacial score (nSPS) is 38.8. The molecule has 0 aromatic carbocycles. The fraction of sp³-hybridized carbons (Fsp3) is 1.00. The van der Waals surface area contributed by atoms with E-state index in [2.05, 4.69) is 6.92 Å². The van der Waals surface area contributed by atoms with Crippen molar-refractivity contribution in [2.45, 2.75) is 128 Å². The SMILES string of the molecule is CCCCCCCCCCB([C@H]1C[C@H]2CC[C@@H]1C2)[C@H]1C[C@@H]2CC[C@H]1C2. The van der Waals surface area contributed by atoms with Gasteiger partial charge in [-0.25, -0.2) is 0 Å². The van der Waals surface area contributed by atoms with Crippen LogP contribution in [0.25, 0.3) is 0 Å². The maximum atomic E-state index is 2.32. The van der Waals surface area contributed by atoms with Crippen molar-refractivity contribution in [3.05, 3.63) is 0 Å². The summed E-state index contributed by atoms with van der Waals surface area (Å²) < 4.78 is 0. The molecular formula is C24H43B. The standard InChI is InChI=1S/C24H43B/c1-2-3-4-5-6-7-8-9-14-25(23-17-19-10-12-21(23)15-19)24-18-20-11-13-22(24)16-20/h19-24H,2-18H2,1H3/t19-,20+,21+,22-,23-,24-/m0/s1. The lowest BCUT2D eigenvalue weighted by Crippen LogP contribution is -2.33. The third-order valence-corrected chi connectivity index (χ3v) is 9.08. The van der Waals surface area contributed by atoms with Gasteiger partial charge in [-0.2, -0.15) is 0 Å². The summed E-state index contributed by atoms with van der Waals surface area (Å²) in [5, 5.41) is 0. The van der Waals surface area contributed by atoms with Crippen LogP contribution in [0, 0.1) is 23.7 Å². The number of rotatable bonds is 11. The smallest absolute Gasteiger partial charge is 0.0737 e. The average Bonchev–Trinajstić information content (AvgIpc) is 3.41. The molecule has 25 heavy (non-hydrogen) atoms. The monoisotopic (exact) mass is 342 g/mol. The van der Waals surface area contributed by atoms with Crippen LogP contribution in [0.2, 0.25) is 18.0 Å². The molecule has 0 aromatic rings. The molecule has 4 aliphatic rings. The van der Waals surface area contributed by atoms with Crippen molar-refractivity contribution in [3.8, 4) is 0 Å². The Morgan fingerprint density at radius 1 is 0.600 bits per heavy atom. The minimum absolute atomic E-state index is 1.14. The zero-order valence-electron chi connectivity index (χ0n) is 17.1. The van der Waals surface area contributed by atoms with Gasteiger partial charge < -0.3 is 0 Å². The highest BCUT2D eigenvalue weighted by atomic mass is 14.5. The van der Waals surface area contributed by atoms with E-state index < -0.39 is 0 Å². The quantitative estimate of drug-likeness (QED) is 0.263. The predicted molar refractivity (Wildman–Crippen MR) is 112 cm³/mol. The predicted octanol–water partition coefficient (Wildman–Crippen LogP) is 8.00. The Hall–Kier alpha value is 0.0649. The second-order valence-corrected chi connectivity index (χ2v) is 10.6. The summed E-state index contributed by atoms with van der Waals surface area (Å²) in [5.74, 6) is 6.93. The van der Waals surface area contributed by atoms with Crippen LogP contribution in [0.1, 0.15) is 110 Å². The summed E-state index contributed by atoms with van der Waals surface area (Å²) in [7, 11) is 0. The summed E-state index contributed by atoms with van der Waals surface area (Å²) in [6.07, 6.45) is 26.4. The number of fused-ring (bicyclic) bond motifs is 4. The van der Waals surface area contributed by atoms with Crippen LogP contribution in [0.15, 0.2) is 0 Å². The van der Waals surface area contributed by atoms with E-state index >= 15 is 0 Å². The minimum atomic E-state index is 1.14. The molecule has 0 spiro atoms. The minimum Gasteiger partial charge on any atom is -0.0737 e. The first-order chi connectivity index (χ1) is 12.3. The molecule has 0 nitrogen and oxygen atoms in total. The van der Waals surface area contributed by atoms with E-state index in [4.69, 9.17) is 0 Å². The van der Waals surface area contributed by atoms with E-state index in [9.17, 15) is 0 Å². The van der Waals surface area contributed by atoms with Gasteiger partial charge in [-0.3, -0.25) is 0 Å². The molecule has 4 saturated carbocycles. The van der Waals surface area contributed by atoms with Gasteiger partial charge >= 0.3 is 0 Å². The summed E-state index contributed by atoms with van der Waals surface area (Å²) in [4.78, 5) is 0. The van der Waals surface area contributed by atoms with Crippen molar-refractivity contribution in [3.63, 3.8) is 0 Å². The summed E-state index contributed by atoms with van der Waals surface area (Å²) in [5.41, 5.74) is 0. The van der Waals surface area contributed by atoms with Gasteiger partial charge in [0.05, 0.1) is 0 Å². The van der Waals surface area contributed by atoms with E-state index in [1.165, 1.54) is 44.9 Å². The number of hydrogen-bond acceptors (Lipinski definition) is 0. The van der Waals surface area contributed by atoms with Gasteiger partial charge in [0.15, 0.2) is 0 Å². The lowest BCUT2D eigenvalue weighted by molar-refractivity contribution is 0.435. The van der Waals surface area contributed by atoms with Crippen LogP contribution in [0.4, 0.5) is 0 Å². The van der Waals surface area contributed by atoms with E-state index in [-0.39, 0.29) is 0 Å². The first-order valence-electron chi connectivity index (χ1n) is 12.3. The van der Waals surface area contributed by atoms with Gasteiger partial charge in [0, 0.05) is 0 Å². The second kappa shape index (κ2) is 8.84. The fourth-order valence-electron chi connectivity index (χ4n) is 7.90. The topological polar surface area (TPSA) is 0 Å². The largest absolute Gasteiger partial charge is 0.146 e. The van der Waals surface area contributed by atoms with E-state index in [0.29, 0.717) is 0 Å².